The van der Waals surface area contributed by atoms with Crippen molar-refractivity contribution < 1.29 is 9.90 Å². The highest BCUT2D eigenvalue weighted by atomic mass is 32.1. The van der Waals surface area contributed by atoms with Gasteiger partial charge in [-0.25, -0.2) is 4.48 Å². The molecule has 1 heterocycles. The van der Waals surface area contributed by atoms with E-state index in [4.69, 9.17) is 0 Å². The van der Waals surface area contributed by atoms with Gasteiger partial charge in [-0.3, -0.25) is 0 Å². The topological polar surface area (TPSA) is 65.9 Å². The number of nitrogens with zero attached hydrogens (tertiary/aromatic N) is 3. The van der Waals surface area contributed by atoms with E-state index in [9.17, 15) is 9.90 Å². The number of carboxylic acid groups (broad SMARTS) is 1. The zero-order chi connectivity index (χ0) is 8.48. The zero-order valence-corrected chi connectivity index (χ0v) is 6.96. The van der Waals surface area contributed by atoms with Gasteiger partial charge in [0.05, 0.1) is 25.8 Å². The maximum atomic E-state index is 10.5. The van der Waals surface area contributed by atoms with Crippen LogP contribution in [0.4, 0.5) is 10.6 Å². The molecule has 6 heteroatoms. The second-order valence-electron chi connectivity index (χ2n) is 2.48. The van der Waals surface area contributed by atoms with E-state index >= 15 is 0 Å². The molecule has 0 aliphatic carbocycles. The molecular formula is C5H7N3O2S. The highest BCUT2D eigenvalue weighted by Gasteiger charge is 2.24. The van der Waals surface area contributed by atoms with Gasteiger partial charge in [-0.2, -0.15) is 4.37 Å². The van der Waals surface area contributed by atoms with Gasteiger partial charge in [0, 0.05) is 0 Å². The molecule has 0 fully saturated rings. The van der Waals surface area contributed by atoms with E-state index in [1.54, 1.807) is 0 Å². The van der Waals surface area contributed by atoms with Crippen LogP contribution in [0.1, 0.15) is 0 Å². The quantitative estimate of drug-likeness (QED) is 0.534. The second-order valence-corrected chi connectivity index (χ2v) is 3.04. The Kier molecular flexibility index (Phi) is 1.88. The average molecular weight is 173 g/mol. The Morgan fingerprint density at radius 3 is 2.73 bits per heavy atom. The first kappa shape index (κ1) is 8.09. The fourth-order valence-electron chi connectivity index (χ4n) is 0.500. The third-order valence-corrected chi connectivity index (χ3v) is 1.85. The molecule has 11 heavy (non-hydrogen) atoms. The average Bonchev–Trinajstić information content (AvgIpc) is 2.37. The summed E-state index contributed by atoms with van der Waals surface area (Å²) in [6.45, 7) is 0. The smallest absolute Gasteiger partial charge is 0.265 e. The van der Waals surface area contributed by atoms with Crippen molar-refractivity contribution in [3.63, 3.8) is 0 Å². The molecular weight excluding hydrogens is 166 g/mol. The van der Waals surface area contributed by atoms with E-state index in [0.29, 0.717) is 5.82 Å². The molecule has 1 rings (SSSR count). The molecule has 1 aromatic rings. The van der Waals surface area contributed by atoms with E-state index in [2.05, 4.69) is 8.75 Å². The van der Waals surface area contributed by atoms with Gasteiger partial charge < -0.3 is 9.90 Å². The third-order valence-electron chi connectivity index (χ3n) is 1.38. The van der Waals surface area contributed by atoms with Gasteiger partial charge in [0.25, 0.3) is 11.9 Å². The summed E-state index contributed by atoms with van der Waals surface area (Å²) in [5.74, 6) is 0.384. The highest BCUT2D eigenvalue weighted by Crippen LogP contribution is 2.14. The van der Waals surface area contributed by atoms with Crippen LogP contribution in [-0.2, 0) is 0 Å². The molecule has 60 valence electrons. The molecule has 0 radical (unpaired) electrons. The van der Waals surface area contributed by atoms with Crippen molar-refractivity contribution in [2.45, 2.75) is 0 Å². The number of aromatic nitrogens is 2. The maximum absolute atomic E-state index is 10.5. The number of carbonyl (C=O) groups excluding carboxylic acids is 1. The van der Waals surface area contributed by atoms with Crippen LogP contribution in [0, 0.1) is 0 Å². The van der Waals surface area contributed by atoms with Crippen LogP contribution < -0.4 is 9.59 Å². The SMILES string of the molecule is C[N+](C)(C(=O)[O-])c1cnsn1. The largest absolute Gasteiger partial charge is 0.498 e. The van der Waals surface area contributed by atoms with Crippen LogP contribution in [-0.4, -0.2) is 28.9 Å². The Labute approximate surface area is 67.8 Å². The predicted molar refractivity (Wildman–Crippen MR) is 38.9 cm³/mol. The van der Waals surface area contributed by atoms with Crippen molar-refractivity contribution >= 4 is 23.6 Å². The molecule has 5 nitrogen and oxygen atoms in total. The van der Waals surface area contributed by atoms with Crippen molar-refractivity contribution in [2.24, 2.45) is 0 Å². The van der Waals surface area contributed by atoms with Gasteiger partial charge in [-0.1, -0.05) is 0 Å². The molecule has 0 saturated heterocycles. The first-order valence-electron chi connectivity index (χ1n) is 2.89. The van der Waals surface area contributed by atoms with Crippen molar-refractivity contribution in [2.75, 3.05) is 14.1 Å². The Balaban J connectivity index is 3.00. The Bertz CT molecular complexity index is 257. The van der Waals surface area contributed by atoms with E-state index in [1.165, 1.54) is 20.3 Å². The van der Waals surface area contributed by atoms with Gasteiger partial charge >= 0.3 is 0 Å². The lowest BCUT2D eigenvalue weighted by Crippen LogP contribution is -2.54. The Hall–Kier alpha value is -1.01. The van der Waals surface area contributed by atoms with Crippen molar-refractivity contribution in [3.8, 4) is 0 Å². The lowest BCUT2D eigenvalue weighted by Gasteiger charge is -2.24. The van der Waals surface area contributed by atoms with Crippen LogP contribution in [0.3, 0.4) is 0 Å². The first-order valence-corrected chi connectivity index (χ1v) is 3.62. The zero-order valence-electron chi connectivity index (χ0n) is 6.14. The van der Waals surface area contributed by atoms with Crippen LogP contribution >= 0.6 is 11.7 Å². The number of quaternary nitrogens is 1. The lowest BCUT2D eigenvalue weighted by molar-refractivity contribution is -0.261. The molecule has 0 spiro atoms. The summed E-state index contributed by atoms with van der Waals surface area (Å²) in [7, 11) is 2.96. The Morgan fingerprint density at radius 1 is 1.73 bits per heavy atom. The Morgan fingerprint density at radius 2 is 2.36 bits per heavy atom. The summed E-state index contributed by atoms with van der Waals surface area (Å²) in [4.78, 5) is 10.5. The number of amides is 1. The summed E-state index contributed by atoms with van der Waals surface area (Å²) in [6, 6.07) is 0. The summed E-state index contributed by atoms with van der Waals surface area (Å²) >= 11 is 0.977. The molecule has 1 aromatic heterocycles. The minimum atomic E-state index is -1.20. The molecule has 0 bridgehead atoms. The second kappa shape index (κ2) is 2.55. The number of hydrogen-bond acceptors (Lipinski definition) is 5. The van der Waals surface area contributed by atoms with Crippen LogP contribution in [0.15, 0.2) is 6.20 Å². The van der Waals surface area contributed by atoms with Gasteiger partial charge in [-0.05, 0) is 0 Å². The standard InChI is InChI=1S/C5H7N3O2S/c1-8(2,5(9)10)4-3-6-11-7-4/h3H,1-2H3. The molecule has 0 aliphatic heterocycles. The summed E-state index contributed by atoms with van der Waals surface area (Å²) in [6.07, 6.45) is 0.221. The normalized spacial score (nSPS) is 11.5. The van der Waals surface area contributed by atoms with Crippen LogP contribution in [0.25, 0.3) is 0 Å². The van der Waals surface area contributed by atoms with Gasteiger partial charge in [0.1, 0.15) is 6.20 Å². The highest BCUT2D eigenvalue weighted by molar-refractivity contribution is 6.99. The van der Waals surface area contributed by atoms with E-state index in [1.807, 2.05) is 0 Å². The molecule has 0 atom stereocenters. The monoisotopic (exact) mass is 173 g/mol. The third kappa shape index (κ3) is 1.36. The molecule has 0 N–H and O–H groups in total. The molecule has 0 aliphatic rings. The molecule has 1 amide bonds. The van der Waals surface area contributed by atoms with E-state index in [-0.39, 0.29) is 0 Å². The van der Waals surface area contributed by atoms with Crippen LogP contribution in [0.5, 0.6) is 0 Å². The summed E-state index contributed by atoms with van der Waals surface area (Å²) < 4.78 is 7.09. The lowest BCUT2D eigenvalue weighted by atomic mass is 10.5. The van der Waals surface area contributed by atoms with Gasteiger partial charge in [0.2, 0.25) is 0 Å². The number of carbonyl (C=O) groups is 1. The van der Waals surface area contributed by atoms with E-state index < -0.39 is 10.6 Å². The van der Waals surface area contributed by atoms with Crippen molar-refractivity contribution in [1.29, 1.82) is 0 Å². The van der Waals surface area contributed by atoms with Crippen LogP contribution in [0.2, 0.25) is 0 Å². The number of hydrogen-bond donors (Lipinski definition) is 0. The minimum absolute atomic E-state index is 0.384. The van der Waals surface area contributed by atoms with Crippen molar-refractivity contribution in [3.05, 3.63) is 6.20 Å². The van der Waals surface area contributed by atoms with Gasteiger partial charge in [0.15, 0.2) is 0 Å². The number of rotatable bonds is 1. The fourth-order valence-corrected chi connectivity index (χ4v) is 1.02. The summed E-state index contributed by atoms with van der Waals surface area (Å²) in [5, 5.41) is 10.5. The summed E-state index contributed by atoms with van der Waals surface area (Å²) in [5.41, 5.74) is 0. The maximum Gasteiger partial charge on any atom is 0.265 e. The predicted octanol–water partition coefficient (Wildman–Crippen LogP) is -0.552. The fraction of sp³-hybridized carbons (Fsp3) is 0.400. The molecule has 0 unspecified atom stereocenters. The molecule has 0 saturated carbocycles. The van der Waals surface area contributed by atoms with Gasteiger partial charge in [-0.15, -0.1) is 4.37 Å². The minimum Gasteiger partial charge on any atom is -0.498 e. The molecule has 0 aromatic carbocycles. The first-order chi connectivity index (χ1) is 5.05. The van der Waals surface area contributed by atoms with E-state index in [0.717, 1.165) is 11.7 Å². The van der Waals surface area contributed by atoms with Crippen molar-refractivity contribution in [1.82, 2.24) is 13.2 Å².